The summed E-state index contributed by atoms with van der Waals surface area (Å²) in [6.07, 6.45) is 2.77. The smallest absolute Gasteiger partial charge is 0.234 e. The van der Waals surface area contributed by atoms with Crippen LogP contribution in [0.2, 0.25) is 0 Å². The molecule has 1 fully saturated rings. The number of pyridine rings is 1. The molecule has 94 valence electrons. The van der Waals surface area contributed by atoms with Crippen LogP contribution >= 0.6 is 0 Å². The first kappa shape index (κ1) is 11.3. The van der Waals surface area contributed by atoms with Crippen LogP contribution in [0.1, 0.15) is 24.8 Å². The summed E-state index contributed by atoms with van der Waals surface area (Å²) in [6, 6.07) is 3.90. The van der Waals surface area contributed by atoms with Crippen LogP contribution in [0.3, 0.4) is 0 Å². The van der Waals surface area contributed by atoms with E-state index in [4.69, 9.17) is 4.52 Å². The van der Waals surface area contributed by atoms with Gasteiger partial charge in [-0.15, -0.1) is 0 Å². The van der Waals surface area contributed by atoms with Crippen molar-refractivity contribution >= 4 is 0 Å². The summed E-state index contributed by atoms with van der Waals surface area (Å²) in [6.45, 7) is 6.03. The summed E-state index contributed by atoms with van der Waals surface area (Å²) in [5, 5.41) is 7.39. The second kappa shape index (κ2) is 4.17. The first-order valence-electron chi connectivity index (χ1n) is 6.16. The van der Waals surface area contributed by atoms with Gasteiger partial charge in [0.15, 0.2) is 0 Å². The fraction of sp³-hybridized carbons (Fsp3) is 0.462. The van der Waals surface area contributed by atoms with Crippen LogP contribution in [0.4, 0.5) is 0 Å². The fourth-order valence-electron chi connectivity index (χ4n) is 2.28. The molecule has 2 aromatic rings. The molecule has 0 spiro atoms. The van der Waals surface area contributed by atoms with Crippen molar-refractivity contribution in [2.24, 2.45) is 0 Å². The summed E-state index contributed by atoms with van der Waals surface area (Å²) < 4.78 is 5.42. The SMILES string of the molecule is Cc1cccnc1-c1noc(C2(C)CCNC2)n1. The number of nitrogens with zero attached hydrogens (tertiary/aromatic N) is 3. The molecule has 1 aliphatic heterocycles. The van der Waals surface area contributed by atoms with Crippen molar-refractivity contribution in [1.29, 1.82) is 0 Å². The molecular weight excluding hydrogens is 228 g/mol. The topological polar surface area (TPSA) is 63.8 Å². The van der Waals surface area contributed by atoms with E-state index in [2.05, 4.69) is 27.4 Å². The minimum atomic E-state index is -0.0477. The molecule has 1 aliphatic rings. The number of aromatic nitrogens is 3. The molecule has 2 aromatic heterocycles. The van der Waals surface area contributed by atoms with Crippen molar-refractivity contribution in [3.63, 3.8) is 0 Å². The number of rotatable bonds is 2. The van der Waals surface area contributed by atoms with Crippen molar-refractivity contribution in [2.45, 2.75) is 25.7 Å². The van der Waals surface area contributed by atoms with Gasteiger partial charge in [-0.05, 0) is 38.4 Å². The molecule has 1 atom stereocenters. The lowest BCUT2D eigenvalue weighted by atomic mass is 9.90. The molecule has 0 radical (unpaired) electrons. The van der Waals surface area contributed by atoms with Gasteiger partial charge in [-0.3, -0.25) is 4.98 Å². The summed E-state index contributed by atoms with van der Waals surface area (Å²) in [5.74, 6) is 1.28. The normalized spacial score (nSPS) is 23.4. The molecule has 1 saturated heterocycles. The van der Waals surface area contributed by atoms with Gasteiger partial charge in [-0.25, -0.2) is 0 Å². The summed E-state index contributed by atoms with van der Waals surface area (Å²) >= 11 is 0. The zero-order chi connectivity index (χ0) is 12.6. The average Bonchev–Trinajstić information content (AvgIpc) is 2.99. The largest absolute Gasteiger partial charge is 0.338 e. The van der Waals surface area contributed by atoms with Crippen LogP contribution in [-0.2, 0) is 5.41 Å². The van der Waals surface area contributed by atoms with E-state index in [1.807, 2.05) is 19.1 Å². The summed E-state index contributed by atoms with van der Waals surface area (Å²) in [5.41, 5.74) is 1.80. The third-order valence-electron chi connectivity index (χ3n) is 3.53. The van der Waals surface area contributed by atoms with E-state index >= 15 is 0 Å². The van der Waals surface area contributed by atoms with Crippen molar-refractivity contribution < 1.29 is 4.52 Å². The third-order valence-corrected chi connectivity index (χ3v) is 3.53. The third kappa shape index (κ3) is 1.80. The fourth-order valence-corrected chi connectivity index (χ4v) is 2.28. The second-order valence-electron chi connectivity index (χ2n) is 5.08. The van der Waals surface area contributed by atoms with Crippen LogP contribution in [0, 0.1) is 6.92 Å². The van der Waals surface area contributed by atoms with E-state index in [9.17, 15) is 0 Å². The van der Waals surface area contributed by atoms with Crippen molar-refractivity contribution in [2.75, 3.05) is 13.1 Å². The quantitative estimate of drug-likeness (QED) is 0.871. The van der Waals surface area contributed by atoms with Crippen molar-refractivity contribution in [3.05, 3.63) is 29.8 Å². The Morgan fingerprint density at radius 2 is 2.33 bits per heavy atom. The molecule has 5 nitrogen and oxygen atoms in total. The zero-order valence-corrected chi connectivity index (χ0v) is 10.6. The summed E-state index contributed by atoms with van der Waals surface area (Å²) in [7, 11) is 0. The number of hydrogen-bond donors (Lipinski definition) is 1. The Kier molecular flexibility index (Phi) is 2.63. The van der Waals surface area contributed by atoms with Gasteiger partial charge in [-0.1, -0.05) is 11.2 Å². The molecule has 0 aromatic carbocycles. The van der Waals surface area contributed by atoms with Gasteiger partial charge in [0.1, 0.15) is 5.69 Å². The molecular formula is C13H16N4O. The first-order valence-corrected chi connectivity index (χ1v) is 6.16. The van der Waals surface area contributed by atoms with Gasteiger partial charge in [-0.2, -0.15) is 4.98 Å². The molecule has 0 saturated carbocycles. The Morgan fingerprint density at radius 1 is 1.44 bits per heavy atom. The highest BCUT2D eigenvalue weighted by atomic mass is 16.5. The van der Waals surface area contributed by atoms with E-state index in [-0.39, 0.29) is 5.41 Å². The van der Waals surface area contributed by atoms with Crippen LogP contribution in [0.25, 0.3) is 11.5 Å². The van der Waals surface area contributed by atoms with Crippen LogP contribution in [-0.4, -0.2) is 28.2 Å². The lowest BCUT2D eigenvalue weighted by molar-refractivity contribution is 0.306. The highest BCUT2D eigenvalue weighted by Crippen LogP contribution is 2.30. The Labute approximate surface area is 106 Å². The highest BCUT2D eigenvalue weighted by Gasteiger charge is 2.36. The maximum Gasteiger partial charge on any atom is 0.234 e. The number of nitrogens with one attached hydrogen (secondary N) is 1. The highest BCUT2D eigenvalue weighted by molar-refractivity contribution is 5.53. The molecule has 18 heavy (non-hydrogen) atoms. The van der Waals surface area contributed by atoms with Gasteiger partial charge < -0.3 is 9.84 Å². The van der Waals surface area contributed by atoms with Crippen molar-refractivity contribution in [3.8, 4) is 11.5 Å². The van der Waals surface area contributed by atoms with Crippen molar-refractivity contribution in [1.82, 2.24) is 20.4 Å². The Bertz CT molecular complexity index is 558. The van der Waals surface area contributed by atoms with Crippen LogP contribution in [0.15, 0.2) is 22.9 Å². The van der Waals surface area contributed by atoms with Crippen LogP contribution < -0.4 is 5.32 Å². The molecule has 0 amide bonds. The van der Waals surface area contributed by atoms with Gasteiger partial charge in [0.25, 0.3) is 0 Å². The standard InChI is InChI=1S/C13H16N4O/c1-9-4-3-6-15-10(9)11-16-12(18-17-11)13(2)5-7-14-8-13/h3-4,6,14H,5,7-8H2,1-2H3. The minimum Gasteiger partial charge on any atom is -0.338 e. The maximum atomic E-state index is 5.42. The molecule has 3 rings (SSSR count). The van der Waals surface area contributed by atoms with E-state index in [1.54, 1.807) is 6.20 Å². The number of hydrogen-bond acceptors (Lipinski definition) is 5. The van der Waals surface area contributed by atoms with E-state index < -0.39 is 0 Å². The molecule has 5 heteroatoms. The van der Waals surface area contributed by atoms with Gasteiger partial charge >= 0.3 is 0 Å². The maximum absolute atomic E-state index is 5.42. The monoisotopic (exact) mass is 244 g/mol. The minimum absolute atomic E-state index is 0.0477. The second-order valence-corrected chi connectivity index (χ2v) is 5.08. The molecule has 1 N–H and O–H groups in total. The predicted octanol–water partition coefficient (Wildman–Crippen LogP) is 1.69. The number of aryl methyl sites for hydroxylation is 1. The lowest BCUT2D eigenvalue weighted by Gasteiger charge is -2.15. The molecule has 1 unspecified atom stereocenters. The van der Waals surface area contributed by atoms with Gasteiger partial charge in [0, 0.05) is 12.7 Å². The molecule has 3 heterocycles. The van der Waals surface area contributed by atoms with E-state index in [1.165, 1.54) is 0 Å². The lowest BCUT2D eigenvalue weighted by Crippen LogP contribution is -2.25. The molecule has 0 aliphatic carbocycles. The average molecular weight is 244 g/mol. The first-order chi connectivity index (χ1) is 8.69. The van der Waals surface area contributed by atoms with Crippen LogP contribution in [0.5, 0.6) is 0 Å². The van der Waals surface area contributed by atoms with Gasteiger partial charge in [0.05, 0.1) is 5.41 Å². The Morgan fingerprint density at radius 3 is 3.06 bits per heavy atom. The predicted molar refractivity (Wildman–Crippen MR) is 67.1 cm³/mol. The van der Waals surface area contributed by atoms with E-state index in [0.29, 0.717) is 11.7 Å². The molecule has 0 bridgehead atoms. The Balaban J connectivity index is 1.97. The zero-order valence-electron chi connectivity index (χ0n) is 10.6. The van der Waals surface area contributed by atoms with Gasteiger partial charge in [0.2, 0.25) is 11.7 Å². The van der Waals surface area contributed by atoms with E-state index in [0.717, 1.165) is 30.8 Å². The summed E-state index contributed by atoms with van der Waals surface area (Å²) in [4.78, 5) is 8.83. The Hall–Kier alpha value is -1.75.